The number of hydrogen-bond donors (Lipinski definition) is 0. The molecule has 0 aliphatic heterocycles. The maximum absolute atomic E-state index is 6.65. The van der Waals surface area contributed by atoms with Crippen LogP contribution in [-0.2, 0) is 0 Å². The molecule has 11 aromatic rings. The fraction of sp³-hybridized carbons (Fsp3) is 0. The van der Waals surface area contributed by atoms with Gasteiger partial charge in [-0.25, -0.2) is 4.98 Å². The molecule has 11 rings (SSSR count). The molecule has 0 fully saturated rings. The van der Waals surface area contributed by atoms with Crippen LogP contribution < -0.4 is 4.90 Å². The average Bonchev–Trinajstić information content (AvgIpc) is 3.90. The molecule has 268 valence electrons. The summed E-state index contributed by atoms with van der Waals surface area (Å²) < 4.78 is 12.8. The van der Waals surface area contributed by atoms with E-state index in [1.807, 2.05) is 42.5 Å². The van der Waals surface area contributed by atoms with Crippen molar-refractivity contribution in [3.8, 4) is 44.8 Å². The number of oxazole rings is 1. The smallest absolute Gasteiger partial charge is 0.228 e. The number of hydrogen-bond acceptors (Lipinski definition) is 4. The largest absolute Gasteiger partial charge is 0.456 e. The Morgan fingerprint density at radius 2 is 0.965 bits per heavy atom. The molecule has 0 N–H and O–H groups in total. The molecule has 0 spiro atoms. The lowest BCUT2D eigenvalue weighted by Gasteiger charge is -2.26. The van der Waals surface area contributed by atoms with Crippen LogP contribution in [0.3, 0.4) is 0 Å². The molecule has 0 amide bonds. The third kappa shape index (κ3) is 5.74. The fourth-order valence-corrected chi connectivity index (χ4v) is 8.20. The Morgan fingerprint density at radius 1 is 0.368 bits per heavy atom. The molecule has 4 heteroatoms. The monoisotopic (exact) mass is 730 g/mol. The van der Waals surface area contributed by atoms with Gasteiger partial charge in [-0.05, 0) is 99.3 Å². The zero-order valence-corrected chi connectivity index (χ0v) is 30.8. The summed E-state index contributed by atoms with van der Waals surface area (Å²) in [5.74, 6) is 0.572. The first kappa shape index (κ1) is 32.7. The third-order valence-corrected chi connectivity index (χ3v) is 10.9. The van der Waals surface area contributed by atoms with E-state index in [0.717, 1.165) is 72.4 Å². The van der Waals surface area contributed by atoms with Gasteiger partial charge in [0.15, 0.2) is 5.58 Å². The Labute approximate surface area is 329 Å². The van der Waals surface area contributed by atoms with E-state index in [9.17, 15) is 0 Å². The summed E-state index contributed by atoms with van der Waals surface area (Å²) in [5.41, 5.74) is 14.1. The van der Waals surface area contributed by atoms with E-state index in [1.165, 1.54) is 27.5 Å². The van der Waals surface area contributed by atoms with E-state index in [2.05, 4.69) is 169 Å². The lowest BCUT2D eigenvalue weighted by Crippen LogP contribution is -2.10. The highest BCUT2D eigenvalue weighted by Gasteiger charge is 2.19. The Bertz CT molecular complexity index is 3230. The van der Waals surface area contributed by atoms with Gasteiger partial charge < -0.3 is 13.7 Å². The number of para-hydroxylation sites is 2. The van der Waals surface area contributed by atoms with Crippen molar-refractivity contribution < 1.29 is 8.83 Å². The van der Waals surface area contributed by atoms with Crippen LogP contribution in [0.4, 0.5) is 17.1 Å². The van der Waals surface area contributed by atoms with Gasteiger partial charge >= 0.3 is 0 Å². The molecule has 0 saturated carbocycles. The summed E-state index contributed by atoms with van der Waals surface area (Å²) in [7, 11) is 0. The van der Waals surface area contributed by atoms with Crippen molar-refractivity contribution in [3.63, 3.8) is 0 Å². The fourth-order valence-electron chi connectivity index (χ4n) is 8.20. The SMILES string of the molecule is c1ccc(-c2cccc(N(c3ccc(-c4cccc5ccccc45)cc3)c3ccc(-c4cccc5nc(-c6cccc7oc8ccccc8c67)oc45)cc3)c2)cc1. The number of anilines is 3. The van der Waals surface area contributed by atoms with Gasteiger partial charge in [-0.2, -0.15) is 0 Å². The zero-order valence-electron chi connectivity index (χ0n) is 30.8. The number of benzene rings is 9. The first-order valence-corrected chi connectivity index (χ1v) is 19.2. The normalized spacial score (nSPS) is 11.5. The Balaban J connectivity index is 0.993. The van der Waals surface area contributed by atoms with Crippen LogP contribution in [0.5, 0.6) is 0 Å². The minimum atomic E-state index is 0.572. The van der Waals surface area contributed by atoms with Crippen molar-refractivity contribution in [2.24, 2.45) is 0 Å². The molecule has 0 unspecified atom stereocenters. The molecule has 0 aliphatic rings. The average molecular weight is 731 g/mol. The summed E-state index contributed by atoms with van der Waals surface area (Å²) in [6.07, 6.45) is 0. The summed E-state index contributed by atoms with van der Waals surface area (Å²) in [4.78, 5) is 7.32. The molecule has 0 bridgehead atoms. The van der Waals surface area contributed by atoms with Crippen LogP contribution in [0.1, 0.15) is 0 Å². The number of nitrogens with zero attached hydrogens (tertiary/aromatic N) is 2. The van der Waals surface area contributed by atoms with E-state index in [4.69, 9.17) is 13.8 Å². The molecule has 4 nitrogen and oxygen atoms in total. The molecule has 2 heterocycles. The van der Waals surface area contributed by atoms with Gasteiger partial charge in [-0.15, -0.1) is 0 Å². The van der Waals surface area contributed by atoms with Crippen LogP contribution in [0.25, 0.3) is 88.6 Å². The zero-order chi connectivity index (χ0) is 37.7. The number of fused-ring (bicyclic) bond motifs is 5. The Hall–Kier alpha value is -7.69. The second-order valence-corrected chi connectivity index (χ2v) is 14.3. The third-order valence-electron chi connectivity index (χ3n) is 10.9. The predicted molar refractivity (Wildman–Crippen MR) is 235 cm³/mol. The van der Waals surface area contributed by atoms with Crippen molar-refractivity contribution >= 4 is 60.9 Å². The van der Waals surface area contributed by atoms with Crippen molar-refractivity contribution in [2.75, 3.05) is 4.90 Å². The van der Waals surface area contributed by atoms with Crippen LogP contribution in [-0.4, -0.2) is 4.98 Å². The molecule has 0 radical (unpaired) electrons. The van der Waals surface area contributed by atoms with Crippen LogP contribution in [0, 0.1) is 0 Å². The lowest BCUT2D eigenvalue weighted by molar-refractivity contribution is 0.621. The number of furan rings is 1. The predicted octanol–water partition coefficient (Wildman–Crippen LogP) is 15.0. The maximum atomic E-state index is 6.65. The second-order valence-electron chi connectivity index (χ2n) is 14.3. The van der Waals surface area contributed by atoms with Crippen molar-refractivity contribution in [3.05, 3.63) is 206 Å². The molecule has 0 saturated heterocycles. The van der Waals surface area contributed by atoms with Crippen LogP contribution in [0.2, 0.25) is 0 Å². The van der Waals surface area contributed by atoms with Gasteiger partial charge in [0, 0.05) is 39.0 Å². The second kappa shape index (κ2) is 13.6. The number of rotatable bonds is 7. The van der Waals surface area contributed by atoms with Gasteiger partial charge in [0.1, 0.15) is 16.7 Å². The van der Waals surface area contributed by atoms with E-state index in [1.54, 1.807) is 0 Å². The number of aromatic nitrogens is 1. The summed E-state index contributed by atoms with van der Waals surface area (Å²) in [6.45, 7) is 0. The molecular formula is C53H34N2O2. The van der Waals surface area contributed by atoms with Gasteiger partial charge in [0.25, 0.3) is 0 Å². The van der Waals surface area contributed by atoms with E-state index in [-0.39, 0.29) is 0 Å². The van der Waals surface area contributed by atoms with Crippen molar-refractivity contribution in [1.29, 1.82) is 0 Å². The summed E-state index contributed by atoms with van der Waals surface area (Å²) in [5, 5.41) is 4.53. The standard InChI is InChI=1S/C53H34N2O2/c1-2-12-35(13-3-1)39-16-8-17-42(34-39)55(40-30-26-37(27-31-40)44-20-9-15-36-14-4-5-18-43(36)44)41-32-28-38(29-33-41)45-21-10-23-48-52(45)57-53(54-48)47-22-11-25-50-51(47)46-19-6-7-24-49(46)56-50/h1-34H. The van der Waals surface area contributed by atoms with E-state index >= 15 is 0 Å². The molecule has 2 aromatic heterocycles. The molecular weight excluding hydrogens is 697 g/mol. The quantitative estimate of drug-likeness (QED) is 0.164. The van der Waals surface area contributed by atoms with Gasteiger partial charge in [0.05, 0.1) is 0 Å². The Kier molecular flexibility index (Phi) is 7.78. The molecule has 9 aromatic carbocycles. The highest BCUT2D eigenvalue weighted by molar-refractivity contribution is 6.12. The van der Waals surface area contributed by atoms with Crippen LogP contribution in [0.15, 0.2) is 215 Å². The van der Waals surface area contributed by atoms with Gasteiger partial charge in [-0.3, -0.25) is 0 Å². The van der Waals surface area contributed by atoms with Gasteiger partial charge in [-0.1, -0.05) is 146 Å². The summed E-state index contributed by atoms with van der Waals surface area (Å²) >= 11 is 0. The van der Waals surface area contributed by atoms with Crippen molar-refractivity contribution in [2.45, 2.75) is 0 Å². The van der Waals surface area contributed by atoms with E-state index in [0.29, 0.717) is 5.89 Å². The van der Waals surface area contributed by atoms with Crippen molar-refractivity contribution in [1.82, 2.24) is 4.98 Å². The lowest BCUT2D eigenvalue weighted by atomic mass is 9.98. The Morgan fingerprint density at radius 3 is 1.79 bits per heavy atom. The molecule has 57 heavy (non-hydrogen) atoms. The highest BCUT2D eigenvalue weighted by atomic mass is 16.4. The van der Waals surface area contributed by atoms with Gasteiger partial charge in [0.2, 0.25) is 5.89 Å². The maximum Gasteiger partial charge on any atom is 0.228 e. The van der Waals surface area contributed by atoms with E-state index < -0.39 is 0 Å². The molecule has 0 aliphatic carbocycles. The topological polar surface area (TPSA) is 42.4 Å². The minimum absolute atomic E-state index is 0.572. The first-order valence-electron chi connectivity index (χ1n) is 19.2. The first-order chi connectivity index (χ1) is 28.2. The minimum Gasteiger partial charge on any atom is -0.456 e. The highest BCUT2D eigenvalue weighted by Crippen LogP contribution is 2.42. The van der Waals surface area contributed by atoms with Crippen LogP contribution >= 0.6 is 0 Å². The molecule has 0 atom stereocenters. The summed E-state index contributed by atoms with van der Waals surface area (Å²) in [6, 6.07) is 72.3.